The molecule has 8 heteroatoms. The molecule has 32 heavy (non-hydrogen) atoms. The predicted octanol–water partition coefficient (Wildman–Crippen LogP) is 2.34. The topological polar surface area (TPSA) is 82.2 Å². The van der Waals surface area contributed by atoms with Gasteiger partial charge in [0.2, 0.25) is 5.91 Å². The van der Waals surface area contributed by atoms with E-state index in [2.05, 4.69) is 10.2 Å². The fourth-order valence-corrected chi connectivity index (χ4v) is 3.97. The molecule has 0 unspecified atom stereocenters. The molecule has 1 N–H and O–H groups in total. The van der Waals surface area contributed by atoms with Crippen LogP contribution in [0.1, 0.15) is 49.0 Å². The Kier molecular flexibility index (Phi) is 8.90. The Labute approximate surface area is 190 Å². The van der Waals surface area contributed by atoms with Gasteiger partial charge >= 0.3 is 6.09 Å². The number of hydrogen-bond donors (Lipinski definition) is 1. The minimum absolute atomic E-state index is 0.0435. The number of carbonyl (C=O) groups excluding carboxylic acids is 3. The third-order valence-corrected chi connectivity index (χ3v) is 5.84. The lowest BCUT2D eigenvalue weighted by atomic mass is 10.1. The van der Waals surface area contributed by atoms with Gasteiger partial charge in [0, 0.05) is 51.4 Å². The van der Waals surface area contributed by atoms with Crippen LogP contribution in [0.25, 0.3) is 0 Å². The molecule has 2 fully saturated rings. The third kappa shape index (κ3) is 7.22. The monoisotopic (exact) mass is 444 g/mol. The smallest absolute Gasteiger partial charge is 0.409 e. The summed E-state index contributed by atoms with van der Waals surface area (Å²) in [6.07, 6.45) is 2.70. The molecule has 3 amide bonds. The predicted molar refractivity (Wildman–Crippen MR) is 122 cm³/mol. The van der Waals surface area contributed by atoms with Gasteiger partial charge in [0.1, 0.15) is 0 Å². The molecular formula is C24H36N4O4. The molecule has 1 aromatic carbocycles. The molecular weight excluding hydrogens is 408 g/mol. The van der Waals surface area contributed by atoms with Crippen LogP contribution in [0.5, 0.6) is 0 Å². The molecule has 2 aliphatic heterocycles. The third-order valence-electron chi connectivity index (χ3n) is 5.84. The molecule has 2 heterocycles. The van der Waals surface area contributed by atoms with Crippen LogP contribution in [0, 0.1) is 5.92 Å². The molecule has 0 aromatic heterocycles. The number of nitrogens with one attached hydrogen (secondary N) is 1. The Bertz CT molecular complexity index is 775. The normalized spacial score (nSPS) is 17.3. The van der Waals surface area contributed by atoms with Gasteiger partial charge in [-0.2, -0.15) is 0 Å². The number of ether oxygens (including phenoxy) is 1. The number of rotatable bonds is 7. The first-order valence-corrected chi connectivity index (χ1v) is 11.7. The van der Waals surface area contributed by atoms with E-state index < -0.39 is 0 Å². The van der Waals surface area contributed by atoms with Crippen molar-refractivity contribution in [2.24, 2.45) is 5.92 Å². The number of benzene rings is 1. The Hall–Kier alpha value is -2.61. The first-order chi connectivity index (χ1) is 15.4. The zero-order valence-electron chi connectivity index (χ0n) is 19.3. The van der Waals surface area contributed by atoms with Crippen LogP contribution in [0.3, 0.4) is 0 Å². The Morgan fingerprint density at radius 2 is 1.59 bits per heavy atom. The molecule has 0 radical (unpaired) electrons. The molecule has 0 bridgehead atoms. The van der Waals surface area contributed by atoms with Crippen LogP contribution in [0.2, 0.25) is 0 Å². The summed E-state index contributed by atoms with van der Waals surface area (Å²) in [6.45, 7) is 9.50. The maximum absolute atomic E-state index is 12.4. The highest BCUT2D eigenvalue weighted by Gasteiger charge is 2.22. The maximum Gasteiger partial charge on any atom is 0.409 e. The van der Waals surface area contributed by atoms with Gasteiger partial charge < -0.3 is 19.9 Å². The molecule has 0 saturated carbocycles. The highest BCUT2D eigenvalue weighted by Crippen LogP contribution is 2.13. The summed E-state index contributed by atoms with van der Waals surface area (Å²) in [5.41, 5.74) is 1.66. The van der Waals surface area contributed by atoms with Crippen LogP contribution >= 0.6 is 0 Å². The summed E-state index contributed by atoms with van der Waals surface area (Å²) in [5.74, 6) is 0.354. The lowest BCUT2D eigenvalue weighted by molar-refractivity contribution is -0.122. The average molecular weight is 445 g/mol. The molecule has 2 saturated heterocycles. The van der Waals surface area contributed by atoms with Crippen LogP contribution in [-0.2, 0) is 16.1 Å². The average Bonchev–Trinajstić information content (AvgIpc) is 3.23. The van der Waals surface area contributed by atoms with E-state index in [0.29, 0.717) is 50.8 Å². The van der Waals surface area contributed by atoms with E-state index >= 15 is 0 Å². The van der Waals surface area contributed by atoms with E-state index in [1.165, 1.54) is 0 Å². The van der Waals surface area contributed by atoms with E-state index in [1.54, 1.807) is 4.90 Å². The van der Waals surface area contributed by atoms with Gasteiger partial charge in [-0.15, -0.1) is 0 Å². The standard InChI is InChI=1S/C24H36N4O4/c1-19(2)18-32-24(31)28-13-5-10-26(14-15-28)17-22(29)25-16-20-6-8-21(9-7-20)23(30)27-11-3-4-12-27/h6-9,19H,3-5,10-18H2,1-2H3,(H,25,29). The fourth-order valence-electron chi connectivity index (χ4n) is 3.97. The molecule has 1 aromatic rings. The van der Waals surface area contributed by atoms with Crippen LogP contribution in [-0.4, -0.2) is 85.0 Å². The summed E-state index contributed by atoms with van der Waals surface area (Å²) >= 11 is 0. The van der Waals surface area contributed by atoms with E-state index in [4.69, 9.17) is 4.74 Å². The lowest BCUT2D eigenvalue weighted by Crippen LogP contribution is -2.40. The largest absolute Gasteiger partial charge is 0.449 e. The van der Waals surface area contributed by atoms with Gasteiger partial charge in [-0.05, 0) is 42.9 Å². The van der Waals surface area contributed by atoms with Crippen molar-refractivity contribution in [3.63, 3.8) is 0 Å². The zero-order valence-corrected chi connectivity index (χ0v) is 19.3. The Morgan fingerprint density at radius 1 is 0.906 bits per heavy atom. The lowest BCUT2D eigenvalue weighted by Gasteiger charge is -2.21. The highest BCUT2D eigenvalue weighted by atomic mass is 16.6. The quantitative estimate of drug-likeness (QED) is 0.698. The number of likely N-dealkylation sites (tertiary alicyclic amines) is 1. The fraction of sp³-hybridized carbons (Fsp3) is 0.625. The maximum atomic E-state index is 12.4. The summed E-state index contributed by atoms with van der Waals surface area (Å²) in [7, 11) is 0. The van der Waals surface area contributed by atoms with Gasteiger partial charge in [-0.3, -0.25) is 14.5 Å². The van der Waals surface area contributed by atoms with Gasteiger partial charge in [0.25, 0.3) is 5.91 Å². The van der Waals surface area contributed by atoms with Crippen molar-refractivity contribution in [3.05, 3.63) is 35.4 Å². The molecule has 2 aliphatic rings. The summed E-state index contributed by atoms with van der Waals surface area (Å²) in [6, 6.07) is 7.47. The summed E-state index contributed by atoms with van der Waals surface area (Å²) < 4.78 is 5.32. The minimum atomic E-state index is -0.267. The van der Waals surface area contributed by atoms with E-state index in [0.717, 1.165) is 44.5 Å². The molecule has 0 atom stereocenters. The minimum Gasteiger partial charge on any atom is -0.449 e. The zero-order chi connectivity index (χ0) is 22.9. The number of carbonyl (C=O) groups is 3. The second kappa shape index (κ2) is 11.9. The van der Waals surface area contributed by atoms with E-state index in [-0.39, 0.29) is 17.9 Å². The molecule has 176 valence electrons. The first-order valence-electron chi connectivity index (χ1n) is 11.7. The molecule has 0 aliphatic carbocycles. The number of amides is 3. The first kappa shape index (κ1) is 24.0. The van der Waals surface area contributed by atoms with Gasteiger partial charge in [-0.25, -0.2) is 4.79 Å². The Morgan fingerprint density at radius 3 is 2.28 bits per heavy atom. The van der Waals surface area contributed by atoms with Crippen molar-refractivity contribution in [3.8, 4) is 0 Å². The van der Waals surface area contributed by atoms with Crippen molar-refractivity contribution in [1.82, 2.24) is 20.0 Å². The summed E-state index contributed by atoms with van der Waals surface area (Å²) in [5, 5.41) is 2.96. The van der Waals surface area contributed by atoms with Crippen LogP contribution < -0.4 is 5.32 Å². The number of nitrogens with zero attached hydrogens (tertiary/aromatic N) is 3. The molecule has 8 nitrogen and oxygen atoms in total. The summed E-state index contributed by atoms with van der Waals surface area (Å²) in [4.78, 5) is 42.7. The van der Waals surface area contributed by atoms with Crippen molar-refractivity contribution in [1.29, 1.82) is 0 Å². The van der Waals surface area contributed by atoms with Crippen molar-refractivity contribution >= 4 is 17.9 Å². The van der Waals surface area contributed by atoms with Gasteiger partial charge in [0.05, 0.1) is 13.2 Å². The van der Waals surface area contributed by atoms with E-state index in [9.17, 15) is 14.4 Å². The highest BCUT2D eigenvalue weighted by molar-refractivity contribution is 5.94. The van der Waals surface area contributed by atoms with Crippen molar-refractivity contribution in [2.75, 3.05) is 52.4 Å². The van der Waals surface area contributed by atoms with E-state index in [1.807, 2.05) is 43.0 Å². The van der Waals surface area contributed by atoms with Gasteiger partial charge in [0.15, 0.2) is 0 Å². The Balaban J connectivity index is 1.39. The molecule has 3 rings (SSSR count). The number of hydrogen-bond acceptors (Lipinski definition) is 5. The van der Waals surface area contributed by atoms with Crippen LogP contribution in [0.4, 0.5) is 4.79 Å². The van der Waals surface area contributed by atoms with Crippen LogP contribution in [0.15, 0.2) is 24.3 Å². The molecule has 0 spiro atoms. The second-order valence-corrected chi connectivity index (χ2v) is 9.06. The van der Waals surface area contributed by atoms with Gasteiger partial charge in [-0.1, -0.05) is 26.0 Å². The van der Waals surface area contributed by atoms with Crippen molar-refractivity contribution in [2.45, 2.75) is 39.7 Å². The second-order valence-electron chi connectivity index (χ2n) is 9.06. The SMILES string of the molecule is CC(C)COC(=O)N1CCCN(CC(=O)NCc2ccc(C(=O)N3CCCC3)cc2)CC1. The van der Waals surface area contributed by atoms with Crippen molar-refractivity contribution < 1.29 is 19.1 Å².